The van der Waals surface area contributed by atoms with Crippen molar-refractivity contribution in [2.24, 2.45) is 11.3 Å². The maximum Gasteiger partial charge on any atom is 0.303 e. The average Bonchev–Trinajstić information content (AvgIpc) is 2.17. The van der Waals surface area contributed by atoms with E-state index in [1.165, 1.54) is 13.8 Å². The Labute approximate surface area is 109 Å². The molecule has 1 saturated carbocycles. The zero-order valence-electron chi connectivity index (χ0n) is 12.0. The molecule has 0 radical (unpaired) electrons. The SMILES string of the molecule is CC(=O)O[C@@H]1CC[C@H](C(C)(C)C)C[C@H]1OC(C)=O. The Kier molecular flexibility index (Phi) is 4.77. The van der Waals surface area contributed by atoms with Gasteiger partial charge in [-0.25, -0.2) is 0 Å². The normalized spacial score (nSPS) is 28.6. The van der Waals surface area contributed by atoms with Crippen molar-refractivity contribution in [2.75, 3.05) is 0 Å². The van der Waals surface area contributed by atoms with Crippen LogP contribution in [-0.4, -0.2) is 24.1 Å². The molecule has 0 bridgehead atoms. The number of carbonyl (C=O) groups is 2. The second kappa shape index (κ2) is 5.72. The largest absolute Gasteiger partial charge is 0.459 e. The molecule has 0 amide bonds. The molecule has 0 spiro atoms. The fraction of sp³-hybridized carbons (Fsp3) is 0.857. The summed E-state index contributed by atoms with van der Waals surface area (Å²) in [6.45, 7) is 9.35. The van der Waals surface area contributed by atoms with E-state index in [-0.39, 0.29) is 29.6 Å². The van der Waals surface area contributed by atoms with Crippen molar-refractivity contribution in [3.8, 4) is 0 Å². The highest BCUT2D eigenvalue weighted by Gasteiger charge is 2.39. The fourth-order valence-corrected chi connectivity index (χ4v) is 2.57. The quantitative estimate of drug-likeness (QED) is 0.713. The highest BCUT2D eigenvalue weighted by atomic mass is 16.6. The lowest BCUT2D eigenvalue weighted by molar-refractivity contribution is -0.172. The molecule has 0 aromatic carbocycles. The van der Waals surface area contributed by atoms with Gasteiger partial charge in [-0.05, 0) is 30.6 Å². The van der Waals surface area contributed by atoms with Crippen LogP contribution in [0.4, 0.5) is 0 Å². The van der Waals surface area contributed by atoms with Crippen molar-refractivity contribution >= 4 is 11.9 Å². The smallest absolute Gasteiger partial charge is 0.303 e. The van der Waals surface area contributed by atoms with Gasteiger partial charge in [0, 0.05) is 13.8 Å². The third kappa shape index (κ3) is 4.31. The summed E-state index contributed by atoms with van der Waals surface area (Å²) in [4.78, 5) is 22.2. The Balaban J connectivity index is 2.72. The first-order valence-electron chi connectivity index (χ1n) is 6.54. The predicted octanol–water partition coefficient (Wildman–Crippen LogP) is 2.70. The molecule has 0 heterocycles. The molecule has 0 aromatic heterocycles. The Morgan fingerprint density at radius 3 is 1.89 bits per heavy atom. The standard InChI is InChI=1S/C14H24O4/c1-9(15)17-12-7-6-11(14(3,4)5)8-13(12)18-10(2)16/h11-13H,6-8H2,1-5H3/t11-,12+,13+/m0/s1. The summed E-state index contributed by atoms with van der Waals surface area (Å²) in [5.74, 6) is -0.147. The van der Waals surface area contributed by atoms with Crippen molar-refractivity contribution in [3.63, 3.8) is 0 Å². The van der Waals surface area contributed by atoms with Crippen LogP contribution >= 0.6 is 0 Å². The second-order valence-electron chi connectivity index (χ2n) is 6.17. The lowest BCUT2D eigenvalue weighted by atomic mass is 9.71. The van der Waals surface area contributed by atoms with E-state index < -0.39 is 0 Å². The first-order valence-corrected chi connectivity index (χ1v) is 6.54. The molecule has 18 heavy (non-hydrogen) atoms. The summed E-state index contributed by atoms with van der Waals surface area (Å²) >= 11 is 0. The third-order valence-electron chi connectivity index (χ3n) is 3.59. The number of esters is 2. The molecular weight excluding hydrogens is 232 g/mol. The van der Waals surface area contributed by atoms with Gasteiger partial charge in [0.2, 0.25) is 0 Å². The molecule has 0 aromatic rings. The van der Waals surface area contributed by atoms with E-state index >= 15 is 0 Å². The zero-order valence-corrected chi connectivity index (χ0v) is 12.0. The van der Waals surface area contributed by atoms with Gasteiger partial charge < -0.3 is 9.47 Å². The van der Waals surface area contributed by atoms with Crippen molar-refractivity contribution in [3.05, 3.63) is 0 Å². The van der Waals surface area contributed by atoms with Crippen molar-refractivity contribution in [2.45, 2.75) is 66.1 Å². The van der Waals surface area contributed by atoms with Gasteiger partial charge >= 0.3 is 11.9 Å². The molecule has 3 atom stereocenters. The van der Waals surface area contributed by atoms with Gasteiger partial charge in [0.1, 0.15) is 12.2 Å². The van der Waals surface area contributed by atoms with Gasteiger partial charge in [0.05, 0.1) is 0 Å². The Morgan fingerprint density at radius 2 is 1.44 bits per heavy atom. The van der Waals surface area contributed by atoms with Crippen LogP contribution in [-0.2, 0) is 19.1 Å². The summed E-state index contributed by atoms with van der Waals surface area (Å²) in [7, 11) is 0. The van der Waals surface area contributed by atoms with E-state index in [0.717, 1.165) is 19.3 Å². The van der Waals surface area contributed by atoms with Gasteiger partial charge in [0.15, 0.2) is 0 Å². The molecule has 1 aliphatic carbocycles. The molecule has 0 aliphatic heterocycles. The van der Waals surface area contributed by atoms with Crippen molar-refractivity contribution < 1.29 is 19.1 Å². The van der Waals surface area contributed by atoms with Gasteiger partial charge in [-0.15, -0.1) is 0 Å². The number of ether oxygens (including phenoxy) is 2. The molecular formula is C14H24O4. The topological polar surface area (TPSA) is 52.6 Å². The molecule has 4 heteroatoms. The Morgan fingerprint density at radius 1 is 0.944 bits per heavy atom. The molecule has 104 valence electrons. The van der Waals surface area contributed by atoms with E-state index in [4.69, 9.17) is 9.47 Å². The summed E-state index contributed by atoms with van der Waals surface area (Å²) in [6.07, 6.45) is 1.94. The number of rotatable bonds is 2. The van der Waals surface area contributed by atoms with Gasteiger partial charge in [0.25, 0.3) is 0 Å². The second-order valence-corrected chi connectivity index (χ2v) is 6.17. The highest BCUT2D eigenvalue weighted by Crippen LogP contribution is 2.39. The van der Waals surface area contributed by atoms with E-state index in [1.54, 1.807) is 0 Å². The van der Waals surface area contributed by atoms with E-state index in [9.17, 15) is 9.59 Å². The molecule has 4 nitrogen and oxygen atoms in total. The molecule has 0 unspecified atom stereocenters. The van der Waals surface area contributed by atoms with Gasteiger partial charge in [-0.3, -0.25) is 9.59 Å². The van der Waals surface area contributed by atoms with E-state index in [2.05, 4.69) is 20.8 Å². The van der Waals surface area contributed by atoms with Crippen LogP contribution in [0.25, 0.3) is 0 Å². The summed E-state index contributed by atoms with van der Waals surface area (Å²) in [5, 5.41) is 0. The lowest BCUT2D eigenvalue weighted by Crippen LogP contribution is -2.42. The maximum atomic E-state index is 11.1. The number of hydrogen-bond donors (Lipinski definition) is 0. The predicted molar refractivity (Wildman–Crippen MR) is 67.9 cm³/mol. The minimum atomic E-state index is -0.314. The summed E-state index contributed by atoms with van der Waals surface area (Å²) in [6, 6.07) is 0. The first-order chi connectivity index (χ1) is 8.20. The number of hydrogen-bond acceptors (Lipinski definition) is 4. The van der Waals surface area contributed by atoms with Crippen LogP contribution in [0, 0.1) is 11.3 Å². The minimum absolute atomic E-state index is 0.180. The van der Waals surface area contributed by atoms with Crippen LogP contribution < -0.4 is 0 Å². The van der Waals surface area contributed by atoms with E-state index in [1.807, 2.05) is 0 Å². The van der Waals surface area contributed by atoms with Crippen LogP contribution in [0.15, 0.2) is 0 Å². The minimum Gasteiger partial charge on any atom is -0.459 e. The van der Waals surface area contributed by atoms with Crippen molar-refractivity contribution in [1.82, 2.24) is 0 Å². The Bertz CT molecular complexity index is 316. The fourth-order valence-electron chi connectivity index (χ4n) is 2.57. The maximum absolute atomic E-state index is 11.1. The molecule has 1 aliphatic rings. The Hall–Kier alpha value is -1.06. The van der Waals surface area contributed by atoms with Gasteiger partial charge in [-0.2, -0.15) is 0 Å². The monoisotopic (exact) mass is 256 g/mol. The first kappa shape index (κ1) is 15.0. The molecule has 1 rings (SSSR count). The van der Waals surface area contributed by atoms with Gasteiger partial charge in [-0.1, -0.05) is 20.8 Å². The summed E-state index contributed by atoms with van der Waals surface area (Å²) in [5.41, 5.74) is 0.180. The molecule has 0 saturated heterocycles. The molecule has 1 fully saturated rings. The zero-order chi connectivity index (χ0) is 13.9. The van der Waals surface area contributed by atoms with E-state index in [0.29, 0.717) is 5.92 Å². The van der Waals surface area contributed by atoms with Crippen LogP contribution in [0.3, 0.4) is 0 Å². The highest BCUT2D eigenvalue weighted by molar-refractivity contribution is 5.67. The van der Waals surface area contributed by atoms with Crippen molar-refractivity contribution in [1.29, 1.82) is 0 Å². The summed E-state index contributed by atoms with van der Waals surface area (Å²) < 4.78 is 10.6. The average molecular weight is 256 g/mol. The van der Waals surface area contributed by atoms with Crippen LogP contribution in [0.2, 0.25) is 0 Å². The van der Waals surface area contributed by atoms with Crippen LogP contribution in [0.5, 0.6) is 0 Å². The lowest BCUT2D eigenvalue weighted by Gasteiger charge is -2.40. The number of carbonyl (C=O) groups excluding carboxylic acids is 2. The van der Waals surface area contributed by atoms with Crippen LogP contribution in [0.1, 0.15) is 53.9 Å². The molecule has 0 N–H and O–H groups in total. The third-order valence-corrected chi connectivity index (χ3v) is 3.59.